The Labute approximate surface area is 185 Å². The van der Waals surface area contributed by atoms with Crippen molar-refractivity contribution in [1.82, 2.24) is 9.80 Å². The van der Waals surface area contributed by atoms with Crippen molar-refractivity contribution in [3.05, 3.63) is 59.9 Å². The molecule has 9 nitrogen and oxygen atoms in total. The standard InChI is InChI=1S/C21H24FN3O6S/c1-24(2)19(27)11-25-18(12-26)21(31-13-20(25)28)14-6-8-16(9-7-14)23-32(29,30)17-5-3-4-15(22)10-17/h3-10,18,21,23,26H,11-13H2,1-2H3. The van der Waals surface area contributed by atoms with E-state index in [0.717, 1.165) is 12.1 Å². The zero-order valence-corrected chi connectivity index (χ0v) is 18.4. The van der Waals surface area contributed by atoms with Crippen molar-refractivity contribution >= 4 is 27.5 Å². The van der Waals surface area contributed by atoms with Crippen molar-refractivity contribution in [2.45, 2.75) is 17.0 Å². The number of hydrogen-bond acceptors (Lipinski definition) is 6. The third-order valence-electron chi connectivity index (χ3n) is 5.05. The number of aliphatic hydroxyl groups excluding tert-OH is 1. The lowest BCUT2D eigenvalue weighted by Crippen LogP contribution is -2.55. The van der Waals surface area contributed by atoms with Crippen molar-refractivity contribution in [3.63, 3.8) is 0 Å². The van der Waals surface area contributed by atoms with Crippen LogP contribution in [-0.2, 0) is 24.3 Å². The molecule has 11 heteroatoms. The predicted molar refractivity (Wildman–Crippen MR) is 114 cm³/mol. The van der Waals surface area contributed by atoms with E-state index < -0.39 is 40.5 Å². The molecule has 1 aliphatic heterocycles. The normalized spacial score (nSPS) is 19.0. The van der Waals surface area contributed by atoms with E-state index in [1.807, 2.05) is 0 Å². The predicted octanol–water partition coefficient (Wildman–Crippen LogP) is 0.975. The Morgan fingerprint density at radius 3 is 2.53 bits per heavy atom. The fraction of sp³-hybridized carbons (Fsp3) is 0.333. The maximum absolute atomic E-state index is 13.4. The van der Waals surface area contributed by atoms with Gasteiger partial charge in [-0.05, 0) is 35.9 Å². The van der Waals surface area contributed by atoms with E-state index in [1.165, 1.54) is 34.1 Å². The van der Waals surface area contributed by atoms with Gasteiger partial charge in [-0.15, -0.1) is 0 Å². The van der Waals surface area contributed by atoms with E-state index >= 15 is 0 Å². The number of carbonyl (C=O) groups is 2. The first-order chi connectivity index (χ1) is 15.1. The van der Waals surface area contributed by atoms with Crippen LogP contribution in [0.4, 0.5) is 10.1 Å². The highest BCUT2D eigenvalue weighted by Crippen LogP contribution is 2.30. The molecule has 0 aliphatic carbocycles. The summed E-state index contributed by atoms with van der Waals surface area (Å²) in [5.41, 5.74) is 0.831. The molecule has 2 unspecified atom stereocenters. The average Bonchev–Trinajstić information content (AvgIpc) is 2.75. The number of benzene rings is 2. The van der Waals surface area contributed by atoms with Gasteiger partial charge in [-0.3, -0.25) is 14.3 Å². The molecule has 2 atom stereocenters. The fourth-order valence-corrected chi connectivity index (χ4v) is 4.39. The van der Waals surface area contributed by atoms with Crippen LogP contribution in [0.1, 0.15) is 11.7 Å². The van der Waals surface area contributed by atoms with Gasteiger partial charge in [0.05, 0.1) is 17.5 Å². The molecule has 2 aromatic rings. The van der Waals surface area contributed by atoms with E-state index in [-0.39, 0.29) is 29.6 Å². The summed E-state index contributed by atoms with van der Waals surface area (Å²) < 4.78 is 46.3. The Kier molecular flexibility index (Phi) is 7.12. The number of carbonyl (C=O) groups excluding carboxylic acids is 2. The van der Waals surface area contributed by atoms with Crippen LogP contribution in [0.25, 0.3) is 0 Å². The molecule has 0 aromatic heterocycles. The second-order valence-electron chi connectivity index (χ2n) is 7.48. The van der Waals surface area contributed by atoms with Crippen LogP contribution >= 0.6 is 0 Å². The van der Waals surface area contributed by atoms with Crippen LogP contribution in [0.2, 0.25) is 0 Å². The van der Waals surface area contributed by atoms with Gasteiger partial charge in [0, 0.05) is 19.8 Å². The first-order valence-corrected chi connectivity index (χ1v) is 11.2. The SMILES string of the molecule is CN(C)C(=O)CN1C(=O)COC(c2ccc(NS(=O)(=O)c3cccc(F)c3)cc2)C1CO. The summed E-state index contributed by atoms with van der Waals surface area (Å²) >= 11 is 0. The molecule has 1 saturated heterocycles. The summed E-state index contributed by atoms with van der Waals surface area (Å²) in [6.07, 6.45) is -0.707. The van der Waals surface area contributed by atoms with Crippen LogP contribution in [0.15, 0.2) is 53.4 Å². The maximum Gasteiger partial charge on any atom is 0.261 e. The molecule has 1 aliphatic rings. The van der Waals surface area contributed by atoms with Crippen LogP contribution in [-0.4, -0.2) is 75.0 Å². The van der Waals surface area contributed by atoms with Gasteiger partial charge in [0.2, 0.25) is 11.8 Å². The van der Waals surface area contributed by atoms with E-state index in [0.29, 0.717) is 5.56 Å². The van der Waals surface area contributed by atoms with Gasteiger partial charge in [-0.1, -0.05) is 18.2 Å². The van der Waals surface area contributed by atoms with Gasteiger partial charge >= 0.3 is 0 Å². The average molecular weight is 466 g/mol. The lowest BCUT2D eigenvalue weighted by atomic mass is 9.99. The summed E-state index contributed by atoms with van der Waals surface area (Å²) in [6, 6.07) is 10.0. The second-order valence-corrected chi connectivity index (χ2v) is 9.16. The summed E-state index contributed by atoms with van der Waals surface area (Å²) in [7, 11) is -0.840. The van der Waals surface area contributed by atoms with Gasteiger partial charge < -0.3 is 19.6 Å². The maximum atomic E-state index is 13.4. The quantitative estimate of drug-likeness (QED) is 0.630. The highest BCUT2D eigenvalue weighted by molar-refractivity contribution is 7.92. The fourth-order valence-electron chi connectivity index (χ4n) is 3.30. The lowest BCUT2D eigenvalue weighted by Gasteiger charge is -2.40. The number of likely N-dealkylation sites (N-methyl/N-ethyl adjacent to an activating group) is 1. The molecule has 1 heterocycles. The second kappa shape index (κ2) is 9.63. The monoisotopic (exact) mass is 465 g/mol. The molecule has 0 radical (unpaired) electrons. The minimum Gasteiger partial charge on any atom is -0.394 e. The third kappa shape index (κ3) is 5.23. The van der Waals surface area contributed by atoms with E-state index in [2.05, 4.69) is 4.72 Å². The van der Waals surface area contributed by atoms with Crippen molar-refractivity contribution in [2.24, 2.45) is 0 Å². The summed E-state index contributed by atoms with van der Waals surface area (Å²) in [5.74, 6) is -1.37. The van der Waals surface area contributed by atoms with E-state index in [4.69, 9.17) is 4.74 Å². The molecule has 172 valence electrons. The third-order valence-corrected chi connectivity index (χ3v) is 6.42. The summed E-state index contributed by atoms with van der Waals surface area (Å²) in [6.45, 7) is -0.872. The van der Waals surface area contributed by atoms with Crippen molar-refractivity contribution in [3.8, 4) is 0 Å². The number of rotatable bonds is 7. The van der Waals surface area contributed by atoms with Crippen LogP contribution in [0, 0.1) is 5.82 Å². The van der Waals surface area contributed by atoms with Gasteiger partial charge in [0.1, 0.15) is 25.1 Å². The largest absolute Gasteiger partial charge is 0.394 e. The molecule has 2 aromatic carbocycles. The highest BCUT2D eigenvalue weighted by Gasteiger charge is 2.38. The number of morpholine rings is 1. The minimum atomic E-state index is -3.98. The van der Waals surface area contributed by atoms with Gasteiger partial charge in [0.15, 0.2) is 0 Å². The molecule has 0 spiro atoms. The smallest absolute Gasteiger partial charge is 0.261 e. The van der Waals surface area contributed by atoms with E-state index in [1.54, 1.807) is 26.2 Å². The Morgan fingerprint density at radius 1 is 1.25 bits per heavy atom. The number of aliphatic hydroxyl groups is 1. The number of hydrogen-bond donors (Lipinski definition) is 2. The Morgan fingerprint density at radius 2 is 1.94 bits per heavy atom. The van der Waals surface area contributed by atoms with Gasteiger partial charge in [-0.25, -0.2) is 12.8 Å². The zero-order valence-electron chi connectivity index (χ0n) is 17.6. The first-order valence-electron chi connectivity index (χ1n) is 9.73. The van der Waals surface area contributed by atoms with Crippen LogP contribution in [0.3, 0.4) is 0 Å². The molecular weight excluding hydrogens is 441 g/mol. The van der Waals surface area contributed by atoms with Crippen molar-refractivity contribution in [1.29, 1.82) is 0 Å². The van der Waals surface area contributed by atoms with Gasteiger partial charge in [-0.2, -0.15) is 0 Å². The molecule has 0 saturated carbocycles. The van der Waals surface area contributed by atoms with Crippen LogP contribution in [0.5, 0.6) is 0 Å². The number of halogens is 1. The Balaban J connectivity index is 1.78. The summed E-state index contributed by atoms with van der Waals surface area (Å²) in [4.78, 5) is 26.8. The number of anilines is 1. The Bertz CT molecular complexity index is 1090. The first kappa shape index (κ1) is 23.6. The van der Waals surface area contributed by atoms with Crippen molar-refractivity contribution < 1.29 is 32.2 Å². The Hall–Kier alpha value is -3.02. The van der Waals surface area contributed by atoms with E-state index in [9.17, 15) is 27.5 Å². The number of ether oxygens (including phenoxy) is 1. The summed E-state index contributed by atoms with van der Waals surface area (Å²) in [5, 5.41) is 9.90. The highest BCUT2D eigenvalue weighted by atomic mass is 32.2. The molecule has 2 N–H and O–H groups in total. The molecule has 1 fully saturated rings. The number of sulfonamides is 1. The molecule has 32 heavy (non-hydrogen) atoms. The van der Waals surface area contributed by atoms with Crippen molar-refractivity contribution in [2.75, 3.05) is 38.6 Å². The molecular formula is C21H24FN3O6S. The molecule has 0 bridgehead atoms. The van der Waals surface area contributed by atoms with Gasteiger partial charge in [0.25, 0.3) is 10.0 Å². The minimum absolute atomic E-state index is 0.192. The zero-order chi connectivity index (χ0) is 23.5. The molecule has 3 rings (SSSR count). The number of nitrogens with one attached hydrogen (secondary N) is 1. The van der Waals surface area contributed by atoms with Crippen LogP contribution < -0.4 is 4.72 Å². The lowest BCUT2D eigenvalue weighted by molar-refractivity contribution is -0.164. The topological polar surface area (TPSA) is 116 Å². The number of nitrogens with zero attached hydrogens (tertiary/aromatic N) is 2. The number of amides is 2. The molecule has 2 amide bonds.